The van der Waals surface area contributed by atoms with Gasteiger partial charge in [-0.3, -0.25) is 14.6 Å². The average Bonchev–Trinajstić information content (AvgIpc) is 3.01. The third-order valence-electron chi connectivity index (χ3n) is 3.67. The minimum Gasteiger partial charge on any atom is -0.481 e. The molecule has 0 aromatic rings. The van der Waals surface area contributed by atoms with Crippen LogP contribution in [0.1, 0.15) is 26.7 Å². The first kappa shape index (κ1) is 11.9. The van der Waals surface area contributed by atoms with Crippen LogP contribution in [0.4, 0.5) is 0 Å². The summed E-state index contributed by atoms with van der Waals surface area (Å²) < 4.78 is 0. The molecule has 1 aliphatic heterocycles. The van der Waals surface area contributed by atoms with Crippen molar-refractivity contribution >= 4 is 5.97 Å². The maximum atomic E-state index is 11.0. The molecule has 1 aliphatic carbocycles. The predicted molar refractivity (Wildman–Crippen MR) is 62.5 cm³/mol. The standard InChI is InChI=1S/C12H22N2O2/c1-12(2,11(15)16)9-13-5-7-14(8-6-13)10-3-4-10/h10H,3-9H2,1-2H3,(H,15,16). The maximum absolute atomic E-state index is 11.0. The van der Waals surface area contributed by atoms with E-state index in [0.29, 0.717) is 6.54 Å². The molecule has 0 atom stereocenters. The van der Waals surface area contributed by atoms with Gasteiger partial charge in [-0.2, -0.15) is 0 Å². The number of hydrogen-bond donors (Lipinski definition) is 1. The van der Waals surface area contributed by atoms with Gasteiger partial charge in [0.25, 0.3) is 0 Å². The highest BCUT2D eigenvalue weighted by atomic mass is 16.4. The second kappa shape index (κ2) is 4.34. The summed E-state index contributed by atoms with van der Waals surface area (Å²) in [5.41, 5.74) is -0.623. The summed E-state index contributed by atoms with van der Waals surface area (Å²) in [4.78, 5) is 15.9. The molecule has 2 rings (SSSR count). The molecule has 0 spiro atoms. The number of nitrogens with zero attached hydrogens (tertiary/aromatic N) is 2. The molecule has 0 radical (unpaired) electrons. The zero-order valence-electron chi connectivity index (χ0n) is 10.3. The monoisotopic (exact) mass is 226 g/mol. The Labute approximate surface area is 97.2 Å². The summed E-state index contributed by atoms with van der Waals surface area (Å²) in [6.45, 7) is 8.55. The molecule has 16 heavy (non-hydrogen) atoms. The van der Waals surface area contributed by atoms with E-state index >= 15 is 0 Å². The van der Waals surface area contributed by atoms with Crippen molar-refractivity contribution in [1.29, 1.82) is 0 Å². The molecular weight excluding hydrogens is 204 g/mol. The Morgan fingerprint density at radius 3 is 2.25 bits per heavy atom. The number of piperazine rings is 1. The Kier molecular flexibility index (Phi) is 3.22. The van der Waals surface area contributed by atoms with Gasteiger partial charge in [0, 0.05) is 38.8 Å². The van der Waals surface area contributed by atoms with Gasteiger partial charge in [0.05, 0.1) is 5.41 Å². The zero-order chi connectivity index (χ0) is 11.8. The van der Waals surface area contributed by atoms with Crippen LogP contribution in [-0.4, -0.2) is 59.6 Å². The second-order valence-corrected chi connectivity index (χ2v) is 5.73. The molecule has 4 heteroatoms. The molecule has 0 amide bonds. The van der Waals surface area contributed by atoms with E-state index in [0.717, 1.165) is 32.2 Å². The lowest BCUT2D eigenvalue weighted by Crippen LogP contribution is -2.50. The Bertz CT molecular complexity index is 266. The fourth-order valence-electron chi connectivity index (χ4n) is 2.35. The van der Waals surface area contributed by atoms with Crippen LogP contribution in [0, 0.1) is 5.41 Å². The smallest absolute Gasteiger partial charge is 0.310 e. The molecule has 92 valence electrons. The maximum Gasteiger partial charge on any atom is 0.310 e. The SMILES string of the molecule is CC(C)(CN1CCN(C2CC2)CC1)C(=O)O. The van der Waals surface area contributed by atoms with Gasteiger partial charge in [-0.05, 0) is 26.7 Å². The van der Waals surface area contributed by atoms with Crippen molar-refractivity contribution in [3.8, 4) is 0 Å². The lowest BCUT2D eigenvalue weighted by Gasteiger charge is -2.37. The van der Waals surface area contributed by atoms with Gasteiger partial charge >= 0.3 is 5.97 Å². The Balaban J connectivity index is 1.78. The van der Waals surface area contributed by atoms with E-state index in [1.807, 2.05) is 13.8 Å². The van der Waals surface area contributed by atoms with Crippen LogP contribution in [0.5, 0.6) is 0 Å². The minimum atomic E-state index is -0.697. The van der Waals surface area contributed by atoms with Gasteiger partial charge in [0.2, 0.25) is 0 Å². The van der Waals surface area contributed by atoms with Gasteiger partial charge in [0.1, 0.15) is 0 Å². The highest BCUT2D eigenvalue weighted by molar-refractivity contribution is 5.73. The number of carbonyl (C=O) groups is 1. The summed E-state index contributed by atoms with van der Waals surface area (Å²) in [6, 6.07) is 0.842. The highest BCUT2D eigenvalue weighted by Crippen LogP contribution is 2.28. The minimum absolute atomic E-state index is 0.623. The van der Waals surface area contributed by atoms with Crippen LogP contribution in [0.2, 0.25) is 0 Å². The average molecular weight is 226 g/mol. The number of hydrogen-bond acceptors (Lipinski definition) is 3. The van der Waals surface area contributed by atoms with E-state index in [9.17, 15) is 4.79 Å². The largest absolute Gasteiger partial charge is 0.481 e. The summed E-state index contributed by atoms with van der Waals surface area (Å²) in [5.74, 6) is -0.697. The van der Waals surface area contributed by atoms with Gasteiger partial charge in [0.15, 0.2) is 0 Å². The molecule has 0 aromatic carbocycles. The van der Waals surface area contributed by atoms with Crippen LogP contribution in [0.15, 0.2) is 0 Å². The Hall–Kier alpha value is -0.610. The van der Waals surface area contributed by atoms with Gasteiger partial charge in [-0.1, -0.05) is 0 Å². The molecule has 1 N–H and O–H groups in total. The van der Waals surface area contributed by atoms with Crippen LogP contribution >= 0.6 is 0 Å². The lowest BCUT2D eigenvalue weighted by molar-refractivity contribution is -0.148. The van der Waals surface area contributed by atoms with Crippen molar-refractivity contribution in [3.63, 3.8) is 0 Å². The molecule has 0 unspecified atom stereocenters. The molecule has 0 aromatic heterocycles. The van der Waals surface area contributed by atoms with E-state index in [1.165, 1.54) is 12.8 Å². The van der Waals surface area contributed by atoms with Crippen LogP contribution in [-0.2, 0) is 4.79 Å². The summed E-state index contributed by atoms with van der Waals surface area (Å²) in [7, 11) is 0. The molecule has 1 saturated carbocycles. The van der Waals surface area contributed by atoms with Gasteiger partial charge in [-0.15, -0.1) is 0 Å². The first-order valence-electron chi connectivity index (χ1n) is 6.19. The Morgan fingerprint density at radius 1 is 1.25 bits per heavy atom. The molecule has 2 fully saturated rings. The van der Waals surface area contributed by atoms with Crippen LogP contribution < -0.4 is 0 Å². The fraction of sp³-hybridized carbons (Fsp3) is 0.917. The molecule has 2 aliphatic rings. The zero-order valence-corrected chi connectivity index (χ0v) is 10.3. The summed E-state index contributed by atoms with van der Waals surface area (Å²) >= 11 is 0. The Morgan fingerprint density at radius 2 is 1.81 bits per heavy atom. The van der Waals surface area contributed by atoms with E-state index in [2.05, 4.69) is 9.80 Å². The second-order valence-electron chi connectivity index (χ2n) is 5.73. The normalized spacial score (nSPS) is 24.6. The molecule has 1 heterocycles. The summed E-state index contributed by atoms with van der Waals surface area (Å²) in [5, 5.41) is 9.09. The van der Waals surface area contributed by atoms with Crippen LogP contribution in [0.3, 0.4) is 0 Å². The fourth-order valence-corrected chi connectivity index (χ4v) is 2.35. The number of carboxylic acid groups (broad SMARTS) is 1. The van der Waals surface area contributed by atoms with Crippen molar-refractivity contribution < 1.29 is 9.90 Å². The number of carboxylic acids is 1. The molecular formula is C12H22N2O2. The first-order chi connectivity index (χ1) is 7.49. The first-order valence-corrected chi connectivity index (χ1v) is 6.19. The number of aliphatic carboxylic acids is 1. The van der Waals surface area contributed by atoms with Crippen molar-refractivity contribution in [2.24, 2.45) is 5.41 Å². The van der Waals surface area contributed by atoms with E-state index in [-0.39, 0.29) is 0 Å². The van der Waals surface area contributed by atoms with E-state index < -0.39 is 11.4 Å². The third kappa shape index (κ3) is 2.74. The van der Waals surface area contributed by atoms with Gasteiger partial charge in [-0.25, -0.2) is 0 Å². The van der Waals surface area contributed by atoms with Crippen molar-refractivity contribution in [2.75, 3.05) is 32.7 Å². The summed E-state index contributed by atoms with van der Waals surface area (Å²) in [6.07, 6.45) is 2.72. The molecule has 1 saturated heterocycles. The molecule has 4 nitrogen and oxygen atoms in total. The van der Waals surface area contributed by atoms with Crippen molar-refractivity contribution in [1.82, 2.24) is 9.80 Å². The highest BCUT2D eigenvalue weighted by Gasteiger charge is 2.34. The van der Waals surface area contributed by atoms with Crippen molar-refractivity contribution in [3.05, 3.63) is 0 Å². The molecule has 0 bridgehead atoms. The van der Waals surface area contributed by atoms with Crippen molar-refractivity contribution in [2.45, 2.75) is 32.7 Å². The van der Waals surface area contributed by atoms with E-state index in [4.69, 9.17) is 5.11 Å². The van der Waals surface area contributed by atoms with E-state index in [1.54, 1.807) is 0 Å². The predicted octanol–water partition coefficient (Wildman–Crippen LogP) is 0.877. The topological polar surface area (TPSA) is 43.8 Å². The van der Waals surface area contributed by atoms with Crippen LogP contribution in [0.25, 0.3) is 0 Å². The quantitative estimate of drug-likeness (QED) is 0.773. The lowest BCUT2D eigenvalue weighted by atomic mass is 9.93. The third-order valence-corrected chi connectivity index (χ3v) is 3.67. The number of rotatable bonds is 4. The van der Waals surface area contributed by atoms with Gasteiger partial charge < -0.3 is 5.11 Å².